The fourth-order valence-corrected chi connectivity index (χ4v) is 6.40. The summed E-state index contributed by atoms with van der Waals surface area (Å²) in [6.07, 6.45) is 5.52. The molecule has 0 aromatic heterocycles. The summed E-state index contributed by atoms with van der Waals surface area (Å²) in [6.45, 7) is 9.30. The zero-order chi connectivity index (χ0) is 24.5. The first-order valence-electron chi connectivity index (χ1n) is 12.5. The minimum Gasteiger partial charge on any atom is -0.452 e. The van der Waals surface area contributed by atoms with Crippen molar-refractivity contribution in [1.82, 2.24) is 5.32 Å². The number of rotatable bonds is 6. The molecule has 0 spiro atoms. The molecule has 5 heteroatoms. The van der Waals surface area contributed by atoms with Crippen LogP contribution in [0.4, 0.5) is 4.39 Å². The van der Waals surface area contributed by atoms with Gasteiger partial charge in [-0.2, -0.15) is 0 Å². The average Bonchev–Trinajstić information content (AvgIpc) is 2.81. The lowest BCUT2D eigenvalue weighted by molar-refractivity contribution is -0.125. The van der Waals surface area contributed by atoms with E-state index in [1.54, 1.807) is 6.07 Å². The Morgan fingerprint density at radius 3 is 2.65 bits per heavy atom. The van der Waals surface area contributed by atoms with Crippen LogP contribution in [0, 0.1) is 17.2 Å². The number of nitrogens with one attached hydrogen (secondary N) is 1. The molecular formula is C29H36FNO3. The van der Waals surface area contributed by atoms with Gasteiger partial charge in [-0.05, 0) is 77.2 Å². The first kappa shape index (κ1) is 24.4. The number of carbonyl (C=O) groups excluding carboxylic acids is 2. The fourth-order valence-electron chi connectivity index (χ4n) is 6.40. The van der Waals surface area contributed by atoms with Crippen molar-refractivity contribution in [2.24, 2.45) is 11.3 Å². The first-order chi connectivity index (χ1) is 16.1. The SMILES string of the molecule is CC(C)c1ccc2c(c1)CCC1C(C)(CNC(=O)COC(=O)c3ccccc3F)CCCC21C. The zero-order valence-corrected chi connectivity index (χ0v) is 20.7. The lowest BCUT2D eigenvalue weighted by Crippen LogP contribution is -2.53. The number of carbonyl (C=O) groups is 2. The van der Waals surface area contributed by atoms with Crippen molar-refractivity contribution in [2.75, 3.05) is 13.2 Å². The summed E-state index contributed by atoms with van der Waals surface area (Å²) >= 11 is 0. The molecule has 34 heavy (non-hydrogen) atoms. The van der Waals surface area contributed by atoms with Crippen LogP contribution in [0.5, 0.6) is 0 Å². The van der Waals surface area contributed by atoms with E-state index in [0.29, 0.717) is 18.4 Å². The number of fused-ring (bicyclic) bond motifs is 3. The highest BCUT2D eigenvalue weighted by molar-refractivity contribution is 5.91. The van der Waals surface area contributed by atoms with Crippen molar-refractivity contribution in [2.45, 2.75) is 71.1 Å². The monoisotopic (exact) mass is 465 g/mol. The quantitative estimate of drug-likeness (QED) is 0.538. The molecule has 0 saturated heterocycles. The van der Waals surface area contributed by atoms with E-state index in [9.17, 15) is 14.0 Å². The molecule has 3 unspecified atom stereocenters. The summed E-state index contributed by atoms with van der Waals surface area (Å²) in [5, 5.41) is 3.00. The van der Waals surface area contributed by atoms with Gasteiger partial charge in [-0.3, -0.25) is 4.79 Å². The highest BCUT2D eigenvalue weighted by Crippen LogP contribution is 2.57. The molecule has 3 atom stereocenters. The van der Waals surface area contributed by atoms with Crippen molar-refractivity contribution < 1.29 is 18.7 Å². The lowest BCUT2D eigenvalue weighted by atomic mass is 9.49. The molecule has 4 nitrogen and oxygen atoms in total. The molecule has 0 aliphatic heterocycles. The summed E-state index contributed by atoms with van der Waals surface area (Å²) in [6, 6.07) is 12.7. The zero-order valence-electron chi connectivity index (χ0n) is 20.7. The minimum atomic E-state index is -0.825. The number of hydrogen-bond acceptors (Lipinski definition) is 3. The van der Waals surface area contributed by atoms with Gasteiger partial charge in [0, 0.05) is 6.54 Å². The molecule has 0 radical (unpaired) electrons. The predicted molar refractivity (Wildman–Crippen MR) is 131 cm³/mol. The lowest BCUT2D eigenvalue weighted by Gasteiger charge is -2.55. The van der Waals surface area contributed by atoms with Gasteiger partial charge >= 0.3 is 5.97 Å². The number of amides is 1. The molecule has 0 heterocycles. The van der Waals surface area contributed by atoms with Gasteiger partial charge < -0.3 is 10.1 Å². The predicted octanol–water partition coefficient (Wildman–Crippen LogP) is 5.93. The molecule has 1 saturated carbocycles. The minimum absolute atomic E-state index is 0.0351. The van der Waals surface area contributed by atoms with E-state index in [4.69, 9.17) is 4.74 Å². The second-order valence-corrected chi connectivity index (χ2v) is 10.9. The smallest absolute Gasteiger partial charge is 0.341 e. The Hall–Kier alpha value is -2.69. The van der Waals surface area contributed by atoms with Gasteiger partial charge in [0.05, 0.1) is 5.56 Å². The van der Waals surface area contributed by atoms with E-state index < -0.39 is 18.4 Å². The third-order valence-electron chi connectivity index (χ3n) is 8.29. The summed E-state index contributed by atoms with van der Waals surface area (Å²) in [5.41, 5.74) is 4.26. The summed E-state index contributed by atoms with van der Waals surface area (Å²) < 4.78 is 18.8. The topological polar surface area (TPSA) is 55.4 Å². The Morgan fingerprint density at radius 2 is 1.91 bits per heavy atom. The standard InChI is InChI=1S/C29H36FNO3/c1-19(2)20-10-12-23-21(16-20)11-13-25-28(3,14-7-15-29(23,25)4)18-31-26(32)17-34-27(33)22-8-5-6-9-24(22)30/h5-6,8-10,12,16,19,25H,7,11,13-15,17-18H2,1-4H3,(H,31,32). The number of halogens is 1. The summed E-state index contributed by atoms with van der Waals surface area (Å²) in [5.74, 6) is -0.840. The Morgan fingerprint density at radius 1 is 1.15 bits per heavy atom. The number of benzene rings is 2. The van der Waals surface area contributed by atoms with Crippen molar-refractivity contribution in [1.29, 1.82) is 0 Å². The number of hydrogen-bond donors (Lipinski definition) is 1. The number of ether oxygens (including phenoxy) is 1. The van der Waals surface area contributed by atoms with Gasteiger partial charge in [0.1, 0.15) is 5.82 Å². The van der Waals surface area contributed by atoms with E-state index in [2.05, 4.69) is 51.2 Å². The maximum absolute atomic E-state index is 13.8. The Kier molecular flexibility index (Phi) is 6.84. The fraction of sp³-hybridized carbons (Fsp3) is 0.517. The van der Waals surface area contributed by atoms with Crippen molar-refractivity contribution >= 4 is 11.9 Å². The van der Waals surface area contributed by atoms with Crippen molar-refractivity contribution in [3.05, 3.63) is 70.5 Å². The molecule has 182 valence electrons. The van der Waals surface area contributed by atoms with E-state index in [1.807, 2.05) is 0 Å². The molecule has 1 N–H and O–H groups in total. The third-order valence-corrected chi connectivity index (χ3v) is 8.29. The van der Waals surface area contributed by atoms with Crippen LogP contribution in [0.15, 0.2) is 42.5 Å². The molecule has 2 aromatic rings. The Bertz CT molecular complexity index is 1080. The molecule has 2 aliphatic carbocycles. The van der Waals surface area contributed by atoms with E-state index in [0.717, 1.165) is 32.1 Å². The Labute approximate surface area is 202 Å². The largest absolute Gasteiger partial charge is 0.452 e. The van der Waals surface area contributed by atoms with Crippen LogP contribution in [0.25, 0.3) is 0 Å². The van der Waals surface area contributed by atoms with Gasteiger partial charge in [-0.25, -0.2) is 9.18 Å². The van der Waals surface area contributed by atoms with Gasteiger partial charge in [0.25, 0.3) is 5.91 Å². The molecule has 1 amide bonds. The van der Waals surface area contributed by atoms with Crippen molar-refractivity contribution in [3.63, 3.8) is 0 Å². The summed E-state index contributed by atoms with van der Waals surface area (Å²) in [4.78, 5) is 24.6. The van der Waals surface area contributed by atoms with Gasteiger partial charge in [-0.1, -0.05) is 64.4 Å². The maximum atomic E-state index is 13.8. The molecular weight excluding hydrogens is 429 g/mol. The van der Waals surface area contributed by atoms with E-state index in [-0.39, 0.29) is 22.3 Å². The Balaban J connectivity index is 1.41. The molecule has 4 rings (SSSR count). The van der Waals surface area contributed by atoms with Crippen molar-refractivity contribution in [3.8, 4) is 0 Å². The van der Waals surface area contributed by atoms with Crippen LogP contribution in [0.2, 0.25) is 0 Å². The molecule has 2 aromatic carbocycles. The van der Waals surface area contributed by atoms with Crippen LogP contribution in [-0.4, -0.2) is 25.0 Å². The molecule has 1 fully saturated rings. The number of esters is 1. The van der Waals surface area contributed by atoms with Gasteiger partial charge in [0.15, 0.2) is 6.61 Å². The van der Waals surface area contributed by atoms with Gasteiger partial charge in [-0.15, -0.1) is 0 Å². The van der Waals surface area contributed by atoms with Gasteiger partial charge in [0.2, 0.25) is 0 Å². The second-order valence-electron chi connectivity index (χ2n) is 10.9. The molecule has 2 aliphatic rings. The molecule has 0 bridgehead atoms. The highest BCUT2D eigenvalue weighted by Gasteiger charge is 2.51. The third kappa shape index (κ3) is 4.62. The van der Waals surface area contributed by atoms with Crippen LogP contribution in [0.1, 0.15) is 86.3 Å². The van der Waals surface area contributed by atoms with Crippen LogP contribution < -0.4 is 5.32 Å². The van der Waals surface area contributed by atoms with E-state index in [1.165, 1.54) is 34.9 Å². The van der Waals surface area contributed by atoms with E-state index >= 15 is 0 Å². The first-order valence-corrected chi connectivity index (χ1v) is 12.5. The average molecular weight is 466 g/mol. The number of aryl methyl sites for hydroxylation is 1. The van der Waals surface area contributed by atoms with Crippen LogP contribution in [0.3, 0.4) is 0 Å². The van der Waals surface area contributed by atoms with Crippen LogP contribution >= 0.6 is 0 Å². The second kappa shape index (κ2) is 9.52. The summed E-state index contributed by atoms with van der Waals surface area (Å²) in [7, 11) is 0. The maximum Gasteiger partial charge on any atom is 0.341 e. The highest BCUT2D eigenvalue weighted by atomic mass is 19.1. The normalized spacial score (nSPS) is 25.9. The van der Waals surface area contributed by atoms with Crippen LogP contribution in [-0.2, 0) is 21.4 Å².